The van der Waals surface area contributed by atoms with Gasteiger partial charge in [0.1, 0.15) is 18.7 Å². The van der Waals surface area contributed by atoms with E-state index in [0.29, 0.717) is 18.8 Å². The van der Waals surface area contributed by atoms with Gasteiger partial charge in [-0.15, -0.1) is 0 Å². The van der Waals surface area contributed by atoms with E-state index in [-0.39, 0.29) is 12.3 Å². The molecule has 0 aromatic heterocycles. The fraction of sp³-hybridized carbons (Fsp3) is 0.500. The number of carbonyl (C=O) groups is 1. The number of fused-ring (bicyclic) bond motifs is 2. The van der Waals surface area contributed by atoms with Crippen LogP contribution in [0.25, 0.3) is 0 Å². The summed E-state index contributed by atoms with van der Waals surface area (Å²) in [5.74, 6) is 0.386. The Labute approximate surface area is 93.1 Å². The smallest absolute Gasteiger partial charge is 0.212 e. The van der Waals surface area contributed by atoms with Gasteiger partial charge in [-0.2, -0.15) is 0 Å². The first-order valence-electron chi connectivity index (χ1n) is 5.12. The molecule has 0 spiro atoms. The van der Waals surface area contributed by atoms with Gasteiger partial charge in [0.15, 0.2) is 6.40 Å². The third kappa shape index (κ3) is 2.90. The molecule has 6 nitrogen and oxygen atoms in total. The van der Waals surface area contributed by atoms with Crippen molar-refractivity contribution in [3.63, 3.8) is 0 Å². The van der Waals surface area contributed by atoms with Crippen LogP contribution in [0.1, 0.15) is 12.8 Å². The monoisotopic (exact) mass is 223 g/mol. The lowest BCUT2D eigenvalue weighted by molar-refractivity contribution is -0.108. The van der Waals surface area contributed by atoms with Gasteiger partial charge in [-0.3, -0.25) is 9.79 Å². The molecule has 1 N–H and O–H groups in total. The number of aliphatic imine (C=N–C) groups is 2. The fourth-order valence-electron chi connectivity index (χ4n) is 1.56. The largest absolute Gasteiger partial charge is 0.480 e. The van der Waals surface area contributed by atoms with Gasteiger partial charge < -0.3 is 14.8 Å². The van der Waals surface area contributed by atoms with E-state index >= 15 is 0 Å². The highest BCUT2D eigenvalue weighted by Gasteiger charge is 2.24. The van der Waals surface area contributed by atoms with Crippen molar-refractivity contribution in [1.29, 1.82) is 0 Å². The van der Waals surface area contributed by atoms with Gasteiger partial charge in [-0.1, -0.05) is 0 Å². The summed E-state index contributed by atoms with van der Waals surface area (Å²) < 4.78 is 10.8. The molecule has 0 aromatic rings. The molecule has 86 valence electrons. The van der Waals surface area contributed by atoms with Crippen LogP contribution in [-0.4, -0.2) is 38.0 Å². The molecule has 2 bridgehead atoms. The van der Waals surface area contributed by atoms with Crippen LogP contribution in [0.15, 0.2) is 21.9 Å². The van der Waals surface area contributed by atoms with Crippen LogP contribution in [-0.2, 0) is 14.3 Å². The number of nitrogens with one attached hydrogen (secondary N) is 1. The molecule has 2 atom stereocenters. The predicted molar refractivity (Wildman–Crippen MR) is 58.1 cm³/mol. The van der Waals surface area contributed by atoms with E-state index in [1.165, 1.54) is 6.40 Å². The summed E-state index contributed by atoms with van der Waals surface area (Å²) in [5, 5.41) is 2.44. The summed E-state index contributed by atoms with van der Waals surface area (Å²) in [4.78, 5) is 18.4. The van der Waals surface area contributed by atoms with Crippen LogP contribution in [0.5, 0.6) is 0 Å². The van der Waals surface area contributed by atoms with Crippen LogP contribution >= 0.6 is 0 Å². The van der Waals surface area contributed by atoms with E-state index in [9.17, 15) is 4.79 Å². The summed E-state index contributed by atoms with van der Waals surface area (Å²) in [6.45, 7) is 0.462. The molecule has 16 heavy (non-hydrogen) atoms. The first-order valence-corrected chi connectivity index (χ1v) is 5.12. The van der Waals surface area contributed by atoms with Crippen LogP contribution in [0.2, 0.25) is 0 Å². The number of ether oxygens (including phenoxy) is 2. The van der Waals surface area contributed by atoms with Gasteiger partial charge in [0.2, 0.25) is 6.41 Å². The number of rotatable bonds is 2. The highest BCUT2D eigenvalue weighted by atomic mass is 16.5. The van der Waals surface area contributed by atoms with E-state index in [2.05, 4.69) is 15.3 Å². The van der Waals surface area contributed by atoms with Gasteiger partial charge in [0, 0.05) is 6.21 Å². The third-order valence-corrected chi connectivity index (χ3v) is 2.33. The average molecular weight is 223 g/mol. The zero-order chi connectivity index (χ0) is 11.2. The summed E-state index contributed by atoms with van der Waals surface area (Å²) in [5.41, 5.74) is 0. The molecular weight excluding hydrogens is 210 g/mol. The van der Waals surface area contributed by atoms with Crippen LogP contribution < -0.4 is 5.32 Å². The topological polar surface area (TPSA) is 72.3 Å². The second kappa shape index (κ2) is 5.41. The van der Waals surface area contributed by atoms with E-state index in [4.69, 9.17) is 9.47 Å². The summed E-state index contributed by atoms with van der Waals surface area (Å²) >= 11 is 0. The number of carbonyl (C=O) groups excluding carboxylic acids is 1. The fourth-order valence-corrected chi connectivity index (χ4v) is 1.56. The Hall–Kier alpha value is -1.69. The Morgan fingerprint density at radius 3 is 3.31 bits per heavy atom. The quantitative estimate of drug-likeness (QED) is 0.680. The zero-order valence-corrected chi connectivity index (χ0v) is 8.70. The van der Waals surface area contributed by atoms with Crippen molar-refractivity contribution in [2.45, 2.75) is 25.2 Å². The van der Waals surface area contributed by atoms with E-state index < -0.39 is 0 Å². The van der Waals surface area contributed by atoms with Gasteiger partial charge in [0.05, 0.1) is 6.10 Å². The Balaban J connectivity index is 2.08. The van der Waals surface area contributed by atoms with Crippen molar-refractivity contribution < 1.29 is 14.3 Å². The van der Waals surface area contributed by atoms with Gasteiger partial charge in [-0.25, -0.2) is 4.99 Å². The molecule has 1 fully saturated rings. The molecule has 2 aliphatic heterocycles. The van der Waals surface area contributed by atoms with Crippen molar-refractivity contribution in [2.75, 3.05) is 6.61 Å². The lowest BCUT2D eigenvalue weighted by Crippen LogP contribution is -2.15. The highest BCUT2D eigenvalue weighted by Crippen LogP contribution is 2.20. The number of nitrogens with zero attached hydrogens (tertiary/aromatic N) is 2. The first kappa shape index (κ1) is 10.8. The van der Waals surface area contributed by atoms with E-state index in [0.717, 1.165) is 12.8 Å². The summed E-state index contributed by atoms with van der Waals surface area (Å²) in [7, 11) is 0. The molecule has 0 radical (unpaired) electrons. The molecule has 0 aromatic carbocycles. The Kier molecular flexibility index (Phi) is 3.66. The standard InChI is InChI=1S/C10H13N3O3/c14-6-12-9-3-4-11-10-2-1-8(16-10)5-15-7-13-9/h3-4,6-8,10H,1-2,5H2,(H,12,14)/t8-,10?/m0/s1. The number of allylic oxidation sites excluding steroid dienone is 1. The number of hydrogen-bond donors (Lipinski definition) is 1. The first-order chi connectivity index (χ1) is 7.88. The van der Waals surface area contributed by atoms with Crippen molar-refractivity contribution in [3.8, 4) is 0 Å². The third-order valence-electron chi connectivity index (χ3n) is 2.33. The van der Waals surface area contributed by atoms with Gasteiger partial charge >= 0.3 is 0 Å². The minimum absolute atomic E-state index is 0.0779. The summed E-state index contributed by atoms with van der Waals surface area (Å²) in [6, 6.07) is 0. The highest BCUT2D eigenvalue weighted by molar-refractivity contribution is 5.73. The molecule has 1 amide bonds. The van der Waals surface area contributed by atoms with Crippen molar-refractivity contribution in [1.82, 2.24) is 5.32 Å². The number of hydrogen-bond acceptors (Lipinski definition) is 5. The van der Waals surface area contributed by atoms with Crippen molar-refractivity contribution in [2.24, 2.45) is 9.98 Å². The normalized spacial score (nSPS) is 28.9. The van der Waals surface area contributed by atoms with Crippen LogP contribution in [0.3, 0.4) is 0 Å². The van der Waals surface area contributed by atoms with Gasteiger partial charge in [-0.05, 0) is 18.9 Å². The minimum atomic E-state index is -0.111. The maximum absolute atomic E-state index is 10.3. The molecule has 6 heteroatoms. The Morgan fingerprint density at radius 2 is 2.44 bits per heavy atom. The maximum atomic E-state index is 10.3. The minimum Gasteiger partial charge on any atom is -0.480 e. The zero-order valence-electron chi connectivity index (χ0n) is 8.70. The molecule has 2 aliphatic rings. The van der Waals surface area contributed by atoms with E-state index in [1.54, 1.807) is 12.3 Å². The van der Waals surface area contributed by atoms with Gasteiger partial charge in [0.25, 0.3) is 0 Å². The van der Waals surface area contributed by atoms with Crippen LogP contribution in [0, 0.1) is 0 Å². The second-order valence-electron chi connectivity index (χ2n) is 3.47. The predicted octanol–water partition coefficient (Wildman–Crippen LogP) is 0.208. The molecule has 0 saturated carbocycles. The van der Waals surface area contributed by atoms with Crippen molar-refractivity contribution in [3.05, 3.63) is 11.9 Å². The Morgan fingerprint density at radius 1 is 1.50 bits per heavy atom. The van der Waals surface area contributed by atoms with Crippen LogP contribution in [0.4, 0.5) is 0 Å². The van der Waals surface area contributed by atoms with Crippen molar-refractivity contribution >= 4 is 19.0 Å². The second-order valence-corrected chi connectivity index (χ2v) is 3.47. The average Bonchev–Trinajstić information content (AvgIpc) is 2.69. The SMILES string of the molecule is O=CNC1=CC=NC2CC[C@@H](COC=N1)O2. The van der Waals surface area contributed by atoms with E-state index in [1.807, 2.05) is 0 Å². The molecule has 1 unspecified atom stereocenters. The lowest BCUT2D eigenvalue weighted by Gasteiger charge is -2.09. The maximum Gasteiger partial charge on any atom is 0.212 e. The molecule has 2 heterocycles. The Bertz CT molecular complexity index is 338. The molecule has 0 aliphatic carbocycles. The number of amides is 1. The molecule has 2 rings (SSSR count). The molecular formula is C10H13N3O3. The molecule has 1 saturated heterocycles. The summed E-state index contributed by atoms with van der Waals surface area (Å²) in [6.07, 6.45) is 6.84. The lowest BCUT2D eigenvalue weighted by atomic mass is 10.2.